The zero-order valence-corrected chi connectivity index (χ0v) is 23.9. The summed E-state index contributed by atoms with van der Waals surface area (Å²) in [4.78, 5) is 14.2. The summed E-state index contributed by atoms with van der Waals surface area (Å²) >= 11 is 1.76. The van der Waals surface area contributed by atoms with Crippen molar-refractivity contribution >= 4 is 53.4 Å². The first-order chi connectivity index (χ1) is 23.9. The lowest BCUT2D eigenvalue weighted by molar-refractivity contribution is 0.670. The highest BCUT2D eigenvalue weighted by Gasteiger charge is 2.20. The zero-order chi connectivity index (χ0) is 33.4. The molecule has 0 aliphatic heterocycles. The number of fused-ring (bicyclic) bond motifs is 6. The first-order valence-corrected chi connectivity index (χ1v) is 14.9. The molecule has 3 heterocycles. The van der Waals surface area contributed by atoms with Crippen LogP contribution in [0.2, 0.25) is 0 Å². The van der Waals surface area contributed by atoms with Gasteiger partial charge in [0.2, 0.25) is 0 Å². The van der Waals surface area contributed by atoms with E-state index in [1.54, 1.807) is 11.3 Å². The fraction of sp³-hybridized carbons (Fsp3) is 0. The molecule has 0 atom stereocenters. The summed E-state index contributed by atoms with van der Waals surface area (Å²) in [6, 6.07) is 33.9. The Balaban J connectivity index is 1.30. The Morgan fingerprint density at radius 2 is 1.07 bits per heavy atom. The Kier molecular flexibility index (Phi) is 4.60. The fourth-order valence-corrected chi connectivity index (χ4v) is 7.08. The molecule has 206 valence electrons. The van der Waals surface area contributed by atoms with E-state index in [9.17, 15) is 0 Å². The molecule has 0 radical (unpaired) electrons. The SMILES string of the molecule is [2H]c1c([2H])c([2H])c(-c2nc(-c3ccccc3)nc(-c3cccc4c3oc3c(-c5cccc6c5sc5ccccc56)cccc34)n2)c([2H])c1[2H]. The highest BCUT2D eigenvalue weighted by Crippen LogP contribution is 2.44. The Bertz CT molecular complexity index is 2770. The summed E-state index contributed by atoms with van der Waals surface area (Å²) in [6.07, 6.45) is 0. The van der Waals surface area contributed by atoms with E-state index in [0.717, 1.165) is 27.5 Å². The van der Waals surface area contributed by atoms with Crippen molar-refractivity contribution in [2.24, 2.45) is 0 Å². The summed E-state index contributed by atoms with van der Waals surface area (Å²) in [5, 5.41) is 4.24. The maximum Gasteiger partial charge on any atom is 0.167 e. The van der Waals surface area contributed by atoms with Gasteiger partial charge in [0.1, 0.15) is 11.2 Å². The Morgan fingerprint density at radius 3 is 1.86 bits per heavy atom. The average molecular weight is 587 g/mol. The quantitative estimate of drug-likeness (QED) is 0.206. The smallest absolute Gasteiger partial charge is 0.167 e. The van der Waals surface area contributed by atoms with E-state index >= 15 is 0 Å². The second-order valence-corrected chi connectivity index (χ2v) is 11.5. The molecular weight excluding hydrogens is 559 g/mol. The van der Waals surface area contributed by atoms with Crippen LogP contribution in [0.1, 0.15) is 6.85 Å². The number of rotatable bonds is 4. The molecule has 0 fully saturated rings. The van der Waals surface area contributed by atoms with Gasteiger partial charge in [-0.3, -0.25) is 0 Å². The topological polar surface area (TPSA) is 51.8 Å². The van der Waals surface area contributed by atoms with Crippen molar-refractivity contribution in [3.63, 3.8) is 0 Å². The van der Waals surface area contributed by atoms with Crippen LogP contribution in [0.4, 0.5) is 0 Å². The number of hydrogen-bond donors (Lipinski definition) is 0. The van der Waals surface area contributed by atoms with Crippen LogP contribution in [-0.4, -0.2) is 15.0 Å². The van der Waals surface area contributed by atoms with Crippen LogP contribution < -0.4 is 0 Å². The van der Waals surface area contributed by atoms with Gasteiger partial charge in [-0.05, 0) is 12.1 Å². The maximum atomic E-state index is 8.63. The molecule has 0 spiro atoms. The van der Waals surface area contributed by atoms with E-state index in [1.165, 1.54) is 20.2 Å². The van der Waals surface area contributed by atoms with Crippen LogP contribution in [-0.2, 0) is 0 Å². The van der Waals surface area contributed by atoms with Crippen molar-refractivity contribution in [3.05, 3.63) is 139 Å². The highest BCUT2D eigenvalue weighted by molar-refractivity contribution is 7.26. The van der Waals surface area contributed by atoms with Gasteiger partial charge in [0.15, 0.2) is 17.5 Å². The zero-order valence-electron chi connectivity index (χ0n) is 28.1. The van der Waals surface area contributed by atoms with Gasteiger partial charge in [-0.25, -0.2) is 15.0 Å². The van der Waals surface area contributed by atoms with Crippen molar-refractivity contribution in [2.45, 2.75) is 0 Å². The van der Waals surface area contributed by atoms with Crippen molar-refractivity contribution in [1.29, 1.82) is 0 Å². The van der Waals surface area contributed by atoms with Gasteiger partial charge in [-0.1, -0.05) is 127 Å². The largest absolute Gasteiger partial charge is 0.455 e. The third-order valence-electron chi connectivity index (χ3n) is 7.85. The molecule has 0 bridgehead atoms. The summed E-state index contributed by atoms with van der Waals surface area (Å²) in [5.74, 6) is 0.539. The lowest BCUT2D eigenvalue weighted by Crippen LogP contribution is -2.00. The second-order valence-electron chi connectivity index (χ2n) is 10.4. The van der Waals surface area contributed by atoms with Crippen molar-refractivity contribution in [3.8, 4) is 45.3 Å². The summed E-state index contributed by atoms with van der Waals surface area (Å²) in [6.45, 7) is 0. The predicted octanol–water partition coefficient (Wildman–Crippen LogP) is 10.8. The molecule has 9 rings (SSSR count). The van der Waals surface area contributed by atoms with Gasteiger partial charge in [0.05, 0.1) is 12.4 Å². The van der Waals surface area contributed by atoms with Gasteiger partial charge >= 0.3 is 0 Å². The molecule has 0 amide bonds. The molecule has 9 aromatic rings. The predicted molar refractivity (Wildman–Crippen MR) is 182 cm³/mol. The minimum atomic E-state index is -0.481. The molecular formula is C39H23N3OS. The Labute approximate surface area is 264 Å². The number of benzene rings is 6. The number of para-hydroxylation sites is 2. The number of aromatic nitrogens is 3. The first kappa shape index (κ1) is 20.3. The van der Waals surface area contributed by atoms with Gasteiger partial charge in [0.25, 0.3) is 0 Å². The lowest BCUT2D eigenvalue weighted by Gasteiger charge is -2.08. The summed E-state index contributed by atoms with van der Waals surface area (Å²) in [7, 11) is 0. The number of hydrogen-bond acceptors (Lipinski definition) is 5. The van der Waals surface area contributed by atoms with Crippen molar-refractivity contribution in [1.82, 2.24) is 15.0 Å². The minimum absolute atomic E-state index is 0.0221. The molecule has 44 heavy (non-hydrogen) atoms. The van der Waals surface area contributed by atoms with E-state index in [-0.39, 0.29) is 29.3 Å². The van der Waals surface area contributed by atoms with Gasteiger partial charge in [0, 0.05) is 53.2 Å². The fourth-order valence-electron chi connectivity index (χ4n) is 5.85. The normalized spacial score (nSPS) is 13.2. The second kappa shape index (κ2) is 9.97. The Morgan fingerprint density at radius 1 is 0.477 bits per heavy atom. The third-order valence-corrected chi connectivity index (χ3v) is 9.07. The lowest BCUT2D eigenvalue weighted by atomic mass is 10.00. The van der Waals surface area contributed by atoms with Crippen LogP contribution in [0.5, 0.6) is 0 Å². The van der Waals surface area contributed by atoms with E-state index in [4.69, 9.17) is 21.2 Å². The first-order valence-electron chi connectivity index (χ1n) is 16.6. The van der Waals surface area contributed by atoms with E-state index in [2.05, 4.69) is 53.5 Å². The number of thiophene rings is 1. The molecule has 0 aliphatic carbocycles. The molecule has 0 saturated heterocycles. The Hall–Kier alpha value is -5.65. The molecule has 0 N–H and O–H groups in total. The molecule has 0 saturated carbocycles. The number of furan rings is 1. The third kappa shape index (κ3) is 3.94. The van der Waals surface area contributed by atoms with Crippen LogP contribution in [0.3, 0.4) is 0 Å². The molecule has 4 nitrogen and oxygen atoms in total. The molecule has 5 heteroatoms. The van der Waals surface area contributed by atoms with Gasteiger partial charge in [-0.15, -0.1) is 11.3 Å². The molecule has 0 aliphatic rings. The van der Waals surface area contributed by atoms with Crippen molar-refractivity contribution in [2.75, 3.05) is 0 Å². The maximum absolute atomic E-state index is 8.63. The monoisotopic (exact) mass is 586 g/mol. The molecule has 0 unspecified atom stereocenters. The van der Waals surface area contributed by atoms with Gasteiger partial charge < -0.3 is 4.42 Å². The summed E-state index contributed by atoms with van der Waals surface area (Å²) < 4.78 is 51.1. The minimum Gasteiger partial charge on any atom is -0.455 e. The highest BCUT2D eigenvalue weighted by atomic mass is 32.1. The van der Waals surface area contributed by atoms with Crippen LogP contribution >= 0.6 is 11.3 Å². The standard InChI is InChI=1S/C39H23N3OS/c1-3-12-24(13-4-1)37-40-38(25-14-5-2-6-15-25)42-39(41-37)32-22-10-18-28-27-17-9-19-29(34(27)43-35(28)32)31-21-11-20-30-26-16-7-8-23-33(26)44-36(30)31/h1-23H/i1D,3D,4D,12D,13D. The average Bonchev–Trinajstić information content (AvgIpc) is 3.72. The van der Waals surface area contributed by atoms with Gasteiger partial charge in [-0.2, -0.15) is 0 Å². The van der Waals surface area contributed by atoms with E-state index in [1.807, 2.05) is 60.7 Å². The van der Waals surface area contributed by atoms with Crippen molar-refractivity contribution < 1.29 is 11.3 Å². The number of nitrogens with zero attached hydrogens (tertiary/aromatic N) is 3. The van der Waals surface area contributed by atoms with Crippen LogP contribution in [0.25, 0.3) is 87.4 Å². The van der Waals surface area contributed by atoms with Crippen LogP contribution in [0.15, 0.2) is 144 Å². The summed E-state index contributed by atoms with van der Waals surface area (Å²) in [5.41, 5.74) is 4.55. The van der Waals surface area contributed by atoms with E-state index < -0.39 is 18.1 Å². The molecule has 6 aromatic carbocycles. The van der Waals surface area contributed by atoms with E-state index in [0.29, 0.717) is 22.5 Å². The molecule has 3 aromatic heterocycles. The van der Waals surface area contributed by atoms with Crippen LogP contribution in [0, 0.1) is 0 Å².